The van der Waals surface area contributed by atoms with Gasteiger partial charge in [0.1, 0.15) is 0 Å². The van der Waals surface area contributed by atoms with Crippen molar-refractivity contribution in [1.29, 1.82) is 0 Å². The highest BCUT2D eigenvalue weighted by Gasteiger charge is 2.20. The Labute approximate surface area is 118 Å². The number of halogens is 2. The first-order chi connectivity index (χ1) is 8.68. The maximum atomic E-state index is 6.12. The Morgan fingerprint density at radius 2 is 2.33 bits per heavy atom. The lowest BCUT2D eigenvalue weighted by atomic mass is 10.2. The highest BCUT2D eigenvalue weighted by Crippen LogP contribution is 2.37. The summed E-state index contributed by atoms with van der Waals surface area (Å²) in [5.41, 5.74) is 7.39. The molecule has 1 atom stereocenters. The maximum absolute atomic E-state index is 6.12. The number of anilines is 1. The van der Waals surface area contributed by atoms with Crippen molar-refractivity contribution in [2.45, 2.75) is 25.5 Å². The van der Waals surface area contributed by atoms with Crippen LogP contribution in [0.3, 0.4) is 0 Å². The number of nitrogens with two attached hydrogens (primary N) is 1. The van der Waals surface area contributed by atoms with Gasteiger partial charge in [0.05, 0.1) is 26.9 Å². The number of rotatable bonds is 1. The van der Waals surface area contributed by atoms with E-state index in [0.29, 0.717) is 10.7 Å². The molecule has 3 rings (SSSR count). The normalized spacial score (nSPS) is 20.4. The third-order valence-electron chi connectivity index (χ3n) is 3.26. The Morgan fingerprint density at radius 1 is 1.50 bits per heavy atom. The first kappa shape index (κ1) is 12.3. The average molecular weight is 331 g/mol. The lowest BCUT2D eigenvalue weighted by Gasteiger charge is -2.23. The fourth-order valence-electron chi connectivity index (χ4n) is 2.28. The predicted molar refractivity (Wildman–Crippen MR) is 75.7 cm³/mol. The molecule has 0 amide bonds. The first-order valence-corrected chi connectivity index (χ1v) is 7.08. The largest absolute Gasteiger partial charge is 0.397 e. The van der Waals surface area contributed by atoms with Crippen LogP contribution >= 0.6 is 27.5 Å². The van der Waals surface area contributed by atoms with Gasteiger partial charge < -0.3 is 10.5 Å². The van der Waals surface area contributed by atoms with Crippen molar-refractivity contribution < 1.29 is 4.74 Å². The van der Waals surface area contributed by atoms with Crippen LogP contribution in [0.4, 0.5) is 5.69 Å². The molecule has 0 radical (unpaired) electrons. The fourth-order valence-corrected chi connectivity index (χ4v) is 3.11. The minimum atomic E-state index is 0.00263. The number of benzene rings is 1. The summed E-state index contributed by atoms with van der Waals surface area (Å²) in [6.07, 6.45) is 5.06. The fraction of sp³-hybridized carbons (Fsp3) is 0.417. The Bertz CT molecular complexity index is 593. The van der Waals surface area contributed by atoms with Crippen LogP contribution in [0.5, 0.6) is 0 Å². The monoisotopic (exact) mass is 329 g/mol. The van der Waals surface area contributed by atoms with Gasteiger partial charge in [0.2, 0.25) is 0 Å². The second-order valence-electron chi connectivity index (χ2n) is 4.43. The topological polar surface area (TPSA) is 53.1 Å². The second kappa shape index (κ2) is 4.72. The quantitative estimate of drug-likeness (QED) is 0.811. The van der Waals surface area contributed by atoms with Crippen LogP contribution in [0.15, 0.2) is 16.7 Å². The van der Waals surface area contributed by atoms with Crippen LogP contribution in [0.1, 0.15) is 25.5 Å². The first-order valence-electron chi connectivity index (χ1n) is 5.91. The van der Waals surface area contributed by atoms with Crippen LogP contribution in [-0.4, -0.2) is 16.4 Å². The minimum Gasteiger partial charge on any atom is -0.397 e. The van der Waals surface area contributed by atoms with E-state index in [1.807, 2.05) is 10.7 Å². The number of hydrogen-bond acceptors (Lipinski definition) is 3. The van der Waals surface area contributed by atoms with E-state index in [1.54, 1.807) is 6.20 Å². The molecule has 0 bridgehead atoms. The number of nitrogen functional groups attached to an aromatic ring is 1. The van der Waals surface area contributed by atoms with Gasteiger partial charge in [-0.05, 0) is 41.3 Å². The number of ether oxygens (including phenoxy) is 1. The van der Waals surface area contributed by atoms with Gasteiger partial charge in [0, 0.05) is 12.0 Å². The molecule has 6 heteroatoms. The van der Waals surface area contributed by atoms with E-state index in [-0.39, 0.29) is 6.23 Å². The number of hydrogen-bond donors (Lipinski definition) is 1. The standard InChI is InChI=1S/C12H13BrClN3O/c13-11-7-6-16-17(10-3-1-2-4-18-10)9(7)5-8(14)12(11)15/h5-6,10H,1-4,15H2. The second-order valence-corrected chi connectivity index (χ2v) is 5.63. The molecular weight excluding hydrogens is 318 g/mol. The van der Waals surface area contributed by atoms with Crippen molar-refractivity contribution in [2.75, 3.05) is 12.3 Å². The zero-order chi connectivity index (χ0) is 12.7. The van der Waals surface area contributed by atoms with Gasteiger partial charge >= 0.3 is 0 Å². The van der Waals surface area contributed by atoms with Gasteiger partial charge in [-0.2, -0.15) is 5.10 Å². The summed E-state index contributed by atoms with van der Waals surface area (Å²) >= 11 is 9.59. The van der Waals surface area contributed by atoms with E-state index in [4.69, 9.17) is 22.1 Å². The summed E-state index contributed by atoms with van der Waals surface area (Å²) in [7, 11) is 0. The highest BCUT2D eigenvalue weighted by molar-refractivity contribution is 9.10. The summed E-state index contributed by atoms with van der Waals surface area (Å²) in [4.78, 5) is 0. The summed E-state index contributed by atoms with van der Waals surface area (Å²) in [5, 5.41) is 5.91. The van der Waals surface area contributed by atoms with Gasteiger partial charge in [-0.1, -0.05) is 11.6 Å². The lowest BCUT2D eigenvalue weighted by Crippen LogP contribution is -2.18. The predicted octanol–water partition coefficient (Wildman–Crippen LogP) is 3.73. The number of aromatic nitrogens is 2. The van der Waals surface area contributed by atoms with E-state index < -0.39 is 0 Å². The molecule has 18 heavy (non-hydrogen) atoms. The van der Waals surface area contributed by atoms with E-state index >= 15 is 0 Å². The summed E-state index contributed by atoms with van der Waals surface area (Å²) in [6, 6.07) is 1.85. The Hall–Kier alpha value is -0.780. The molecule has 1 saturated heterocycles. The maximum Gasteiger partial charge on any atom is 0.150 e. The molecule has 2 heterocycles. The number of nitrogens with zero attached hydrogens (tertiary/aromatic N) is 2. The molecule has 1 fully saturated rings. The SMILES string of the molecule is Nc1c(Cl)cc2c(cnn2C2CCCCO2)c1Br. The molecule has 4 nitrogen and oxygen atoms in total. The molecule has 2 N–H and O–H groups in total. The molecule has 1 aromatic carbocycles. The summed E-state index contributed by atoms with van der Waals surface area (Å²) < 4.78 is 8.44. The van der Waals surface area contributed by atoms with Crippen LogP contribution in [0, 0.1) is 0 Å². The summed E-state index contributed by atoms with van der Waals surface area (Å²) in [6.45, 7) is 0.788. The van der Waals surface area contributed by atoms with Crippen molar-refractivity contribution >= 4 is 44.1 Å². The Balaban J connectivity index is 2.13. The molecule has 0 spiro atoms. The van der Waals surface area contributed by atoms with Crippen molar-refractivity contribution in [1.82, 2.24) is 9.78 Å². The Morgan fingerprint density at radius 3 is 3.06 bits per heavy atom. The van der Waals surface area contributed by atoms with Gasteiger partial charge in [0.15, 0.2) is 6.23 Å². The van der Waals surface area contributed by atoms with Crippen molar-refractivity contribution in [2.24, 2.45) is 0 Å². The highest BCUT2D eigenvalue weighted by atomic mass is 79.9. The minimum absolute atomic E-state index is 0.00263. The van der Waals surface area contributed by atoms with Gasteiger partial charge in [-0.3, -0.25) is 0 Å². The van der Waals surface area contributed by atoms with Crippen LogP contribution in [0.25, 0.3) is 10.9 Å². The molecule has 1 aliphatic heterocycles. The van der Waals surface area contributed by atoms with Crippen LogP contribution < -0.4 is 5.73 Å². The molecule has 1 unspecified atom stereocenters. The van der Waals surface area contributed by atoms with E-state index in [2.05, 4.69) is 21.0 Å². The third kappa shape index (κ3) is 1.90. The van der Waals surface area contributed by atoms with Crippen molar-refractivity contribution in [3.63, 3.8) is 0 Å². The van der Waals surface area contributed by atoms with Gasteiger partial charge in [-0.15, -0.1) is 0 Å². The zero-order valence-electron chi connectivity index (χ0n) is 9.70. The molecule has 1 aromatic heterocycles. The molecule has 1 aliphatic rings. The smallest absolute Gasteiger partial charge is 0.150 e. The molecular formula is C12H13BrClN3O. The van der Waals surface area contributed by atoms with Crippen LogP contribution in [-0.2, 0) is 4.74 Å². The third-order valence-corrected chi connectivity index (χ3v) is 4.42. The lowest BCUT2D eigenvalue weighted by molar-refractivity contribution is -0.0366. The number of fused-ring (bicyclic) bond motifs is 1. The Kier molecular flexibility index (Phi) is 3.21. The summed E-state index contributed by atoms with van der Waals surface area (Å²) in [5.74, 6) is 0. The molecule has 0 aliphatic carbocycles. The van der Waals surface area contributed by atoms with Gasteiger partial charge in [-0.25, -0.2) is 4.68 Å². The molecule has 96 valence electrons. The van der Waals surface area contributed by atoms with E-state index in [0.717, 1.165) is 41.2 Å². The molecule has 0 saturated carbocycles. The van der Waals surface area contributed by atoms with Crippen molar-refractivity contribution in [3.05, 3.63) is 21.8 Å². The van der Waals surface area contributed by atoms with Crippen LogP contribution in [0.2, 0.25) is 5.02 Å². The molecule has 2 aromatic rings. The van der Waals surface area contributed by atoms with Gasteiger partial charge in [0.25, 0.3) is 0 Å². The average Bonchev–Trinajstić information content (AvgIpc) is 2.81. The van der Waals surface area contributed by atoms with E-state index in [9.17, 15) is 0 Å². The van der Waals surface area contributed by atoms with E-state index in [1.165, 1.54) is 0 Å². The van der Waals surface area contributed by atoms with Crippen molar-refractivity contribution in [3.8, 4) is 0 Å². The zero-order valence-corrected chi connectivity index (χ0v) is 12.0.